The molecule has 0 amide bonds. The molecule has 0 bridgehead atoms. The van der Waals surface area contributed by atoms with Crippen molar-refractivity contribution in [2.75, 3.05) is 4.72 Å². The molecule has 3 aromatic rings. The highest BCUT2D eigenvalue weighted by Gasteiger charge is 2.17. The molecule has 0 fully saturated rings. The summed E-state index contributed by atoms with van der Waals surface area (Å²) in [4.78, 5) is 8.40. The van der Waals surface area contributed by atoms with Gasteiger partial charge in [-0.3, -0.25) is 9.71 Å². The van der Waals surface area contributed by atoms with E-state index in [1.165, 1.54) is 12.1 Å². The highest BCUT2D eigenvalue weighted by Crippen LogP contribution is 2.21. The van der Waals surface area contributed by atoms with E-state index in [0.29, 0.717) is 29.5 Å². The predicted octanol–water partition coefficient (Wildman–Crippen LogP) is 3.08. The molecule has 142 valence electrons. The Labute approximate surface area is 157 Å². The van der Waals surface area contributed by atoms with Gasteiger partial charge in [0.1, 0.15) is 18.1 Å². The lowest BCUT2D eigenvalue weighted by Gasteiger charge is -2.11. The van der Waals surface area contributed by atoms with Crippen LogP contribution in [-0.4, -0.2) is 23.5 Å². The molecule has 27 heavy (non-hydrogen) atoms. The van der Waals surface area contributed by atoms with E-state index < -0.39 is 10.0 Å². The molecule has 0 radical (unpaired) electrons. The molecule has 1 aromatic carbocycles. The van der Waals surface area contributed by atoms with Crippen LogP contribution in [0.25, 0.3) is 0 Å². The van der Waals surface area contributed by atoms with Crippen LogP contribution >= 0.6 is 0 Å². The van der Waals surface area contributed by atoms with Crippen LogP contribution < -0.4 is 9.46 Å². The molecule has 0 unspecified atom stereocenters. The Bertz CT molecular complexity index is 1040. The van der Waals surface area contributed by atoms with Crippen LogP contribution in [-0.2, 0) is 16.6 Å². The maximum Gasteiger partial charge on any atom is 0.263 e. The fourth-order valence-electron chi connectivity index (χ4n) is 2.40. The van der Waals surface area contributed by atoms with Gasteiger partial charge in [0.05, 0.1) is 27.5 Å². The molecule has 0 aliphatic carbocycles. The number of anilines is 1. The maximum absolute atomic E-state index is 12.6. The number of ether oxygens (including phenoxy) is 1. The highest BCUT2D eigenvalue weighted by molar-refractivity contribution is 7.92. The molecular formula is C18H20N4O4S. The zero-order valence-corrected chi connectivity index (χ0v) is 16.3. The summed E-state index contributed by atoms with van der Waals surface area (Å²) in [5.74, 6) is 1.46. The van der Waals surface area contributed by atoms with Crippen LogP contribution in [0.1, 0.15) is 28.4 Å². The van der Waals surface area contributed by atoms with Crippen molar-refractivity contribution in [2.24, 2.45) is 0 Å². The fraction of sp³-hybridized carbons (Fsp3) is 0.278. The number of nitrogens with one attached hydrogen (secondary N) is 1. The van der Waals surface area contributed by atoms with Crippen LogP contribution in [0.5, 0.6) is 5.75 Å². The average Bonchev–Trinajstić information content (AvgIpc) is 2.94. The second-order valence-electron chi connectivity index (χ2n) is 6.11. The normalized spacial score (nSPS) is 11.4. The summed E-state index contributed by atoms with van der Waals surface area (Å²) in [6, 6.07) is 6.15. The molecule has 0 saturated carbocycles. The molecule has 3 rings (SSSR count). The van der Waals surface area contributed by atoms with Crippen molar-refractivity contribution in [3.63, 3.8) is 0 Å². The topological polar surface area (TPSA) is 107 Å². The van der Waals surface area contributed by atoms with Crippen molar-refractivity contribution in [3.8, 4) is 5.75 Å². The Morgan fingerprint density at radius 1 is 1.07 bits per heavy atom. The third kappa shape index (κ3) is 4.25. The van der Waals surface area contributed by atoms with E-state index in [1.54, 1.807) is 32.2 Å². The highest BCUT2D eigenvalue weighted by atomic mass is 32.2. The second kappa shape index (κ2) is 7.36. The minimum atomic E-state index is -3.77. The smallest absolute Gasteiger partial charge is 0.263 e. The van der Waals surface area contributed by atoms with Crippen molar-refractivity contribution in [2.45, 2.75) is 39.2 Å². The summed E-state index contributed by atoms with van der Waals surface area (Å²) < 4.78 is 38.4. The number of aromatic nitrogens is 3. The van der Waals surface area contributed by atoms with Crippen LogP contribution in [0, 0.1) is 27.7 Å². The van der Waals surface area contributed by atoms with E-state index in [2.05, 4.69) is 19.8 Å². The Balaban J connectivity index is 1.73. The largest absolute Gasteiger partial charge is 0.489 e. The van der Waals surface area contributed by atoms with E-state index in [0.717, 1.165) is 11.3 Å². The molecule has 1 N–H and O–H groups in total. The van der Waals surface area contributed by atoms with E-state index in [-0.39, 0.29) is 10.7 Å². The minimum absolute atomic E-state index is 0.106. The van der Waals surface area contributed by atoms with Crippen LogP contribution in [0.15, 0.2) is 39.9 Å². The summed E-state index contributed by atoms with van der Waals surface area (Å²) in [5, 5.41) is 3.87. The Hall–Kier alpha value is -2.94. The SMILES string of the molecule is Cc1cnc(C)c(NS(=O)(=O)c2ccc(OCc3c(C)noc3C)cc2)n1. The first kappa shape index (κ1) is 18.8. The molecule has 0 spiro atoms. The van der Waals surface area contributed by atoms with Gasteiger partial charge in [-0.15, -0.1) is 0 Å². The summed E-state index contributed by atoms with van der Waals surface area (Å²) in [5.41, 5.74) is 2.78. The van der Waals surface area contributed by atoms with E-state index in [1.807, 2.05) is 13.8 Å². The lowest BCUT2D eigenvalue weighted by Crippen LogP contribution is -2.15. The van der Waals surface area contributed by atoms with Crippen LogP contribution in [0.2, 0.25) is 0 Å². The monoisotopic (exact) mass is 388 g/mol. The third-order valence-corrected chi connectivity index (χ3v) is 5.36. The molecule has 0 aliphatic heterocycles. The fourth-order valence-corrected chi connectivity index (χ4v) is 3.46. The van der Waals surface area contributed by atoms with Gasteiger partial charge in [-0.2, -0.15) is 0 Å². The van der Waals surface area contributed by atoms with Gasteiger partial charge in [-0.25, -0.2) is 13.4 Å². The predicted molar refractivity (Wildman–Crippen MR) is 99.1 cm³/mol. The molecule has 2 aromatic heterocycles. The molecule has 8 nitrogen and oxygen atoms in total. The van der Waals surface area contributed by atoms with Crippen molar-refractivity contribution >= 4 is 15.8 Å². The number of hydrogen-bond donors (Lipinski definition) is 1. The Kier molecular flexibility index (Phi) is 5.13. The number of sulfonamides is 1. The van der Waals surface area contributed by atoms with E-state index in [9.17, 15) is 8.42 Å². The Morgan fingerprint density at radius 2 is 1.78 bits per heavy atom. The van der Waals surface area contributed by atoms with Gasteiger partial charge in [0.25, 0.3) is 10.0 Å². The van der Waals surface area contributed by atoms with Crippen LogP contribution in [0.3, 0.4) is 0 Å². The van der Waals surface area contributed by atoms with Gasteiger partial charge in [0, 0.05) is 6.20 Å². The summed E-state index contributed by atoms with van der Waals surface area (Å²) in [7, 11) is -3.77. The standard InChI is InChI=1S/C18H20N4O4S/c1-11-9-19-13(3)18(20-11)22-27(23,24)16-7-5-15(6-8-16)25-10-17-12(2)21-26-14(17)4/h5-9H,10H2,1-4H3,(H,20,22). The van der Waals surface area contributed by atoms with Gasteiger partial charge >= 0.3 is 0 Å². The first-order valence-corrected chi connectivity index (χ1v) is 9.72. The van der Waals surface area contributed by atoms with Gasteiger partial charge in [0.2, 0.25) is 0 Å². The number of rotatable bonds is 6. The zero-order valence-electron chi connectivity index (χ0n) is 15.5. The lowest BCUT2D eigenvalue weighted by molar-refractivity contribution is 0.301. The van der Waals surface area contributed by atoms with Crippen molar-refractivity contribution < 1.29 is 17.7 Å². The lowest BCUT2D eigenvalue weighted by atomic mass is 10.2. The second-order valence-corrected chi connectivity index (χ2v) is 7.80. The first-order valence-electron chi connectivity index (χ1n) is 8.24. The molecule has 0 atom stereocenters. The van der Waals surface area contributed by atoms with Gasteiger partial charge < -0.3 is 9.26 Å². The quantitative estimate of drug-likeness (QED) is 0.691. The number of nitrogens with zero attached hydrogens (tertiary/aromatic N) is 3. The van der Waals surface area contributed by atoms with Gasteiger partial charge in [-0.05, 0) is 52.0 Å². The molecule has 0 aliphatic rings. The molecular weight excluding hydrogens is 368 g/mol. The summed E-state index contributed by atoms with van der Waals surface area (Å²) in [6.07, 6.45) is 1.58. The van der Waals surface area contributed by atoms with Crippen LogP contribution in [0.4, 0.5) is 5.82 Å². The first-order chi connectivity index (χ1) is 12.8. The summed E-state index contributed by atoms with van der Waals surface area (Å²) >= 11 is 0. The number of hydrogen-bond acceptors (Lipinski definition) is 7. The minimum Gasteiger partial charge on any atom is -0.489 e. The van der Waals surface area contributed by atoms with Crippen molar-refractivity contribution in [1.29, 1.82) is 0 Å². The molecule has 9 heteroatoms. The van der Waals surface area contributed by atoms with Gasteiger partial charge in [0.15, 0.2) is 5.82 Å². The summed E-state index contributed by atoms with van der Waals surface area (Å²) in [6.45, 7) is 7.39. The van der Waals surface area contributed by atoms with E-state index >= 15 is 0 Å². The zero-order chi connectivity index (χ0) is 19.6. The maximum atomic E-state index is 12.6. The molecule has 0 saturated heterocycles. The number of benzene rings is 1. The number of aryl methyl sites for hydroxylation is 4. The average molecular weight is 388 g/mol. The van der Waals surface area contributed by atoms with Crippen molar-refractivity contribution in [3.05, 3.63) is 58.9 Å². The molecule has 2 heterocycles. The third-order valence-electron chi connectivity index (χ3n) is 4.01. The van der Waals surface area contributed by atoms with Gasteiger partial charge in [-0.1, -0.05) is 5.16 Å². The van der Waals surface area contributed by atoms with E-state index in [4.69, 9.17) is 9.26 Å². The Morgan fingerprint density at radius 3 is 2.41 bits per heavy atom. The van der Waals surface area contributed by atoms with Crippen molar-refractivity contribution in [1.82, 2.24) is 15.1 Å².